The average Bonchev–Trinajstić information content (AvgIpc) is 2.27. The molecule has 1 aromatic carbocycles. The molecule has 2 atom stereocenters. The predicted molar refractivity (Wildman–Crippen MR) is 58.4 cm³/mol. The van der Waals surface area contributed by atoms with Gasteiger partial charge in [0.05, 0.1) is 0 Å². The Kier molecular flexibility index (Phi) is 2.87. The molecule has 0 aromatic heterocycles. The first-order chi connectivity index (χ1) is 6.86. The van der Waals surface area contributed by atoms with E-state index in [2.05, 4.69) is 31.2 Å². The topological polar surface area (TPSA) is 20.2 Å². The molecule has 0 bridgehead atoms. The van der Waals surface area contributed by atoms with E-state index in [-0.39, 0.29) is 0 Å². The van der Waals surface area contributed by atoms with Crippen LogP contribution in [0.2, 0.25) is 0 Å². The van der Waals surface area contributed by atoms with E-state index >= 15 is 0 Å². The van der Waals surface area contributed by atoms with Crippen molar-refractivity contribution in [2.75, 3.05) is 6.61 Å². The molecule has 76 valence electrons. The maximum Gasteiger partial charge on any atom is 0.0465 e. The molecule has 1 aromatic rings. The quantitative estimate of drug-likeness (QED) is 0.760. The molecular weight excluding hydrogens is 172 g/mol. The van der Waals surface area contributed by atoms with Gasteiger partial charge in [0.15, 0.2) is 0 Å². The first kappa shape index (κ1) is 9.72. The van der Waals surface area contributed by atoms with Crippen LogP contribution in [-0.2, 0) is 6.42 Å². The van der Waals surface area contributed by atoms with Gasteiger partial charge < -0.3 is 5.11 Å². The van der Waals surface area contributed by atoms with Gasteiger partial charge in [0.1, 0.15) is 0 Å². The van der Waals surface area contributed by atoms with E-state index in [1.165, 1.54) is 11.1 Å². The molecule has 0 saturated carbocycles. The van der Waals surface area contributed by atoms with Crippen LogP contribution in [0.1, 0.15) is 36.8 Å². The van der Waals surface area contributed by atoms with Crippen LogP contribution >= 0.6 is 0 Å². The van der Waals surface area contributed by atoms with Crippen LogP contribution in [-0.4, -0.2) is 11.7 Å². The lowest BCUT2D eigenvalue weighted by Gasteiger charge is -2.31. The normalized spacial score (nSPS) is 25.9. The van der Waals surface area contributed by atoms with Gasteiger partial charge in [0.2, 0.25) is 0 Å². The van der Waals surface area contributed by atoms with Crippen molar-refractivity contribution >= 4 is 0 Å². The molecule has 0 amide bonds. The number of hydrogen-bond acceptors (Lipinski definition) is 1. The Hall–Kier alpha value is -0.820. The molecule has 0 heterocycles. The van der Waals surface area contributed by atoms with Crippen molar-refractivity contribution in [3.05, 3.63) is 35.4 Å². The summed E-state index contributed by atoms with van der Waals surface area (Å²) in [6.45, 7) is 2.56. The van der Waals surface area contributed by atoms with Gasteiger partial charge in [-0.2, -0.15) is 0 Å². The zero-order valence-corrected chi connectivity index (χ0v) is 8.74. The predicted octanol–water partition coefficient (Wildman–Crippen LogP) is 2.73. The smallest absolute Gasteiger partial charge is 0.0465 e. The summed E-state index contributed by atoms with van der Waals surface area (Å²) in [5, 5.41) is 9.32. The standard InChI is InChI=1S/C13H18O/c1-2-12-11(9-14)8-7-10-5-3-4-6-13(10)12/h3-6,11-12,14H,2,7-9H2,1H3. The molecule has 2 rings (SSSR count). The third-order valence-electron chi connectivity index (χ3n) is 3.48. The Morgan fingerprint density at radius 1 is 1.36 bits per heavy atom. The average molecular weight is 190 g/mol. The van der Waals surface area contributed by atoms with E-state index in [0.29, 0.717) is 18.4 Å². The van der Waals surface area contributed by atoms with E-state index in [9.17, 15) is 5.11 Å². The Labute approximate surface area is 85.8 Å². The number of fused-ring (bicyclic) bond motifs is 1. The van der Waals surface area contributed by atoms with E-state index in [0.717, 1.165) is 19.3 Å². The summed E-state index contributed by atoms with van der Waals surface area (Å²) in [5.41, 5.74) is 2.96. The van der Waals surface area contributed by atoms with Crippen molar-refractivity contribution in [2.24, 2.45) is 5.92 Å². The second kappa shape index (κ2) is 4.14. The molecule has 2 unspecified atom stereocenters. The minimum Gasteiger partial charge on any atom is -0.396 e. The summed E-state index contributed by atoms with van der Waals surface area (Å²) in [4.78, 5) is 0. The highest BCUT2D eigenvalue weighted by atomic mass is 16.3. The zero-order valence-electron chi connectivity index (χ0n) is 8.74. The van der Waals surface area contributed by atoms with Crippen LogP contribution in [0.5, 0.6) is 0 Å². The van der Waals surface area contributed by atoms with Gasteiger partial charge in [0, 0.05) is 6.61 Å². The van der Waals surface area contributed by atoms with Gasteiger partial charge in [-0.25, -0.2) is 0 Å². The summed E-state index contributed by atoms with van der Waals surface area (Å²) in [5.74, 6) is 1.06. The summed E-state index contributed by atoms with van der Waals surface area (Å²) in [6.07, 6.45) is 3.42. The second-order valence-electron chi connectivity index (χ2n) is 4.19. The lowest BCUT2D eigenvalue weighted by Crippen LogP contribution is -2.23. The fourth-order valence-corrected chi connectivity index (χ4v) is 2.69. The molecular formula is C13H18O. The highest BCUT2D eigenvalue weighted by Crippen LogP contribution is 2.37. The van der Waals surface area contributed by atoms with Crippen molar-refractivity contribution in [1.82, 2.24) is 0 Å². The maximum absolute atomic E-state index is 9.32. The van der Waals surface area contributed by atoms with Crippen LogP contribution < -0.4 is 0 Å². The van der Waals surface area contributed by atoms with Gasteiger partial charge in [-0.15, -0.1) is 0 Å². The summed E-state index contributed by atoms with van der Waals surface area (Å²) >= 11 is 0. The summed E-state index contributed by atoms with van der Waals surface area (Å²) < 4.78 is 0. The molecule has 14 heavy (non-hydrogen) atoms. The van der Waals surface area contributed by atoms with Crippen molar-refractivity contribution in [3.8, 4) is 0 Å². The number of aliphatic hydroxyl groups is 1. The number of hydrogen-bond donors (Lipinski definition) is 1. The van der Waals surface area contributed by atoms with Gasteiger partial charge in [-0.1, -0.05) is 31.2 Å². The number of aryl methyl sites for hydroxylation is 1. The van der Waals surface area contributed by atoms with E-state index in [4.69, 9.17) is 0 Å². The minimum atomic E-state index is 0.340. The first-order valence-corrected chi connectivity index (χ1v) is 5.55. The largest absolute Gasteiger partial charge is 0.396 e. The van der Waals surface area contributed by atoms with Crippen molar-refractivity contribution < 1.29 is 5.11 Å². The van der Waals surface area contributed by atoms with Crippen molar-refractivity contribution in [2.45, 2.75) is 32.1 Å². The number of benzene rings is 1. The van der Waals surface area contributed by atoms with Gasteiger partial charge in [-0.3, -0.25) is 0 Å². The van der Waals surface area contributed by atoms with Gasteiger partial charge >= 0.3 is 0 Å². The molecule has 0 radical (unpaired) electrons. The van der Waals surface area contributed by atoms with Crippen LogP contribution in [0.3, 0.4) is 0 Å². The number of rotatable bonds is 2. The lowest BCUT2D eigenvalue weighted by atomic mass is 9.74. The third-order valence-corrected chi connectivity index (χ3v) is 3.48. The Morgan fingerprint density at radius 2 is 2.14 bits per heavy atom. The molecule has 1 aliphatic carbocycles. The van der Waals surface area contributed by atoms with Crippen molar-refractivity contribution in [1.29, 1.82) is 0 Å². The molecule has 1 heteroatoms. The maximum atomic E-state index is 9.32. The van der Waals surface area contributed by atoms with Crippen molar-refractivity contribution in [3.63, 3.8) is 0 Å². The monoisotopic (exact) mass is 190 g/mol. The molecule has 0 saturated heterocycles. The van der Waals surface area contributed by atoms with Crippen LogP contribution in [0.25, 0.3) is 0 Å². The highest BCUT2D eigenvalue weighted by Gasteiger charge is 2.26. The second-order valence-corrected chi connectivity index (χ2v) is 4.19. The van der Waals surface area contributed by atoms with Crippen LogP contribution in [0.15, 0.2) is 24.3 Å². The van der Waals surface area contributed by atoms with Gasteiger partial charge in [0.25, 0.3) is 0 Å². The first-order valence-electron chi connectivity index (χ1n) is 5.55. The van der Waals surface area contributed by atoms with Crippen LogP contribution in [0.4, 0.5) is 0 Å². The zero-order chi connectivity index (χ0) is 9.97. The molecule has 1 aliphatic rings. The fraction of sp³-hybridized carbons (Fsp3) is 0.538. The summed E-state index contributed by atoms with van der Waals surface area (Å²) in [6, 6.07) is 8.68. The Bertz CT molecular complexity index is 306. The van der Waals surface area contributed by atoms with Gasteiger partial charge in [-0.05, 0) is 42.2 Å². The highest BCUT2D eigenvalue weighted by molar-refractivity contribution is 5.33. The molecule has 0 fully saturated rings. The molecule has 0 spiro atoms. The number of aliphatic hydroxyl groups excluding tert-OH is 1. The fourth-order valence-electron chi connectivity index (χ4n) is 2.69. The third kappa shape index (κ3) is 1.57. The van der Waals surface area contributed by atoms with E-state index in [1.54, 1.807) is 0 Å². The molecule has 1 N–H and O–H groups in total. The molecule has 1 nitrogen and oxygen atoms in total. The molecule has 0 aliphatic heterocycles. The van der Waals surface area contributed by atoms with Crippen LogP contribution in [0, 0.1) is 5.92 Å². The van der Waals surface area contributed by atoms with E-state index < -0.39 is 0 Å². The SMILES string of the molecule is CCC1c2ccccc2CCC1CO. The minimum absolute atomic E-state index is 0.340. The van der Waals surface area contributed by atoms with E-state index in [1.807, 2.05) is 0 Å². The lowest BCUT2D eigenvalue weighted by molar-refractivity contribution is 0.186. The Morgan fingerprint density at radius 3 is 2.86 bits per heavy atom. The summed E-state index contributed by atoms with van der Waals surface area (Å²) in [7, 11) is 0. The Balaban J connectivity index is 2.34.